The van der Waals surface area contributed by atoms with Gasteiger partial charge in [-0.1, -0.05) is 0 Å². The molecule has 56 valence electrons. The zero-order valence-electron chi connectivity index (χ0n) is 5.04. The lowest BCUT2D eigenvalue weighted by Gasteiger charge is -2.13. The van der Waals surface area contributed by atoms with Crippen LogP contribution in [0.2, 0.25) is 13.1 Å². The third-order valence-corrected chi connectivity index (χ3v) is 3.65. The van der Waals surface area contributed by atoms with Gasteiger partial charge < -0.3 is 14.0 Å². The van der Waals surface area contributed by atoms with E-state index in [1.165, 1.54) is 13.1 Å². The van der Waals surface area contributed by atoms with Crippen molar-refractivity contribution < 1.29 is 18.6 Å². The van der Waals surface area contributed by atoms with Crippen molar-refractivity contribution in [3.8, 4) is 0 Å². The SMILES string of the molecule is C[Si](C)(Cl)OP(=O)(O)O. The van der Waals surface area contributed by atoms with Crippen LogP contribution >= 0.6 is 18.9 Å². The number of phosphoric acid groups is 1. The highest BCUT2D eigenvalue weighted by molar-refractivity contribution is 7.49. The van der Waals surface area contributed by atoms with E-state index in [1.54, 1.807) is 0 Å². The average molecular weight is 191 g/mol. The second kappa shape index (κ2) is 2.70. The molecule has 0 amide bonds. The van der Waals surface area contributed by atoms with Crippen molar-refractivity contribution in [1.29, 1.82) is 0 Å². The molecule has 0 saturated heterocycles. The van der Waals surface area contributed by atoms with Gasteiger partial charge in [-0.05, 0) is 13.1 Å². The minimum absolute atomic E-state index is 1.48. The summed E-state index contributed by atoms with van der Waals surface area (Å²) in [5.41, 5.74) is 0. The van der Waals surface area contributed by atoms with Crippen LogP contribution in [0.4, 0.5) is 0 Å². The molecular formula is C2H8ClO4PSi. The summed E-state index contributed by atoms with van der Waals surface area (Å²) in [6, 6.07) is 0. The molecule has 2 N–H and O–H groups in total. The first kappa shape index (κ1) is 9.62. The van der Waals surface area contributed by atoms with Crippen molar-refractivity contribution in [3.63, 3.8) is 0 Å². The fourth-order valence-corrected chi connectivity index (χ4v) is 3.35. The number of hydrogen-bond acceptors (Lipinski definition) is 2. The molecule has 4 nitrogen and oxygen atoms in total. The second-order valence-corrected chi connectivity index (χ2v) is 9.11. The third-order valence-electron chi connectivity index (χ3n) is 0.336. The van der Waals surface area contributed by atoms with E-state index < -0.39 is 15.4 Å². The molecule has 0 aromatic carbocycles. The van der Waals surface area contributed by atoms with Crippen molar-refractivity contribution >= 4 is 26.5 Å². The standard InChI is InChI=1S/C2H8ClO4PSi/c1-9(2,3)7-8(4,5)6/h1-2H3,(H2,4,5,6). The van der Waals surface area contributed by atoms with Gasteiger partial charge in [0.05, 0.1) is 0 Å². The summed E-state index contributed by atoms with van der Waals surface area (Å²) in [7, 11) is -6.94. The fourth-order valence-electron chi connectivity index (χ4n) is 0.283. The van der Waals surface area contributed by atoms with Crippen molar-refractivity contribution in [2.45, 2.75) is 13.1 Å². The van der Waals surface area contributed by atoms with Crippen LogP contribution in [0.15, 0.2) is 0 Å². The van der Waals surface area contributed by atoms with Crippen molar-refractivity contribution in [1.82, 2.24) is 0 Å². The maximum Gasteiger partial charge on any atom is 0.460 e. The largest absolute Gasteiger partial charge is 0.460 e. The molecule has 0 rings (SSSR count). The molecule has 0 spiro atoms. The van der Waals surface area contributed by atoms with Gasteiger partial charge in [-0.2, -0.15) is 0 Å². The fraction of sp³-hybridized carbons (Fsp3) is 1.00. The van der Waals surface area contributed by atoms with E-state index in [9.17, 15) is 4.57 Å². The minimum atomic E-state index is -4.36. The summed E-state index contributed by atoms with van der Waals surface area (Å²) in [4.78, 5) is 16.4. The number of halogens is 1. The number of hydrogen-bond donors (Lipinski definition) is 2. The first-order valence-corrected chi connectivity index (χ1v) is 7.61. The highest BCUT2D eigenvalue weighted by Crippen LogP contribution is 2.40. The molecule has 0 aromatic heterocycles. The van der Waals surface area contributed by atoms with E-state index in [2.05, 4.69) is 4.21 Å². The Kier molecular flexibility index (Phi) is 2.88. The van der Waals surface area contributed by atoms with Crippen molar-refractivity contribution in [2.24, 2.45) is 0 Å². The molecule has 0 bridgehead atoms. The zero-order valence-corrected chi connectivity index (χ0v) is 7.69. The summed E-state index contributed by atoms with van der Waals surface area (Å²) >= 11 is 5.44. The Morgan fingerprint density at radius 1 is 1.56 bits per heavy atom. The first-order chi connectivity index (χ1) is 3.71. The van der Waals surface area contributed by atoms with Crippen LogP contribution in [0.25, 0.3) is 0 Å². The average Bonchev–Trinajstić information content (AvgIpc) is 1.14. The first-order valence-electron chi connectivity index (χ1n) is 2.16. The van der Waals surface area contributed by atoms with Crippen LogP contribution in [-0.4, -0.2) is 17.4 Å². The molecule has 0 aliphatic rings. The van der Waals surface area contributed by atoms with E-state index in [1.807, 2.05) is 0 Å². The van der Waals surface area contributed by atoms with Gasteiger partial charge in [-0.3, -0.25) is 0 Å². The van der Waals surface area contributed by atoms with Crippen LogP contribution in [-0.2, 0) is 8.78 Å². The van der Waals surface area contributed by atoms with E-state index in [0.29, 0.717) is 0 Å². The van der Waals surface area contributed by atoms with E-state index in [4.69, 9.17) is 20.9 Å². The highest BCUT2D eigenvalue weighted by Gasteiger charge is 2.29. The van der Waals surface area contributed by atoms with Crippen LogP contribution < -0.4 is 0 Å². The molecule has 0 radical (unpaired) electrons. The lowest BCUT2D eigenvalue weighted by atomic mass is 11.9. The van der Waals surface area contributed by atoms with Gasteiger partial charge in [-0.25, -0.2) is 4.57 Å². The predicted molar refractivity (Wildman–Crippen MR) is 36.5 cm³/mol. The molecule has 0 saturated carbocycles. The Labute approximate surface area is 58.9 Å². The van der Waals surface area contributed by atoms with Crippen LogP contribution in [0.1, 0.15) is 0 Å². The molecule has 0 aromatic rings. The van der Waals surface area contributed by atoms with Crippen LogP contribution in [0.3, 0.4) is 0 Å². The van der Waals surface area contributed by atoms with Gasteiger partial charge in [0.2, 0.25) is 0 Å². The summed E-state index contributed by atoms with van der Waals surface area (Å²) in [6.45, 7) is 2.96. The van der Waals surface area contributed by atoms with Crippen molar-refractivity contribution in [2.75, 3.05) is 0 Å². The topological polar surface area (TPSA) is 66.8 Å². The Balaban J connectivity index is 3.90. The Morgan fingerprint density at radius 2 is 1.89 bits per heavy atom. The predicted octanol–water partition coefficient (Wildman–Crippen LogP) is 1.04. The zero-order chi connectivity index (χ0) is 7.71. The maximum absolute atomic E-state index is 10.1. The van der Waals surface area contributed by atoms with Gasteiger partial charge in [-0.15, -0.1) is 11.1 Å². The molecular weight excluding hydrogens is 183 g/mol. The van der Waals surface area contributed by atoms with Gasteiger partial charge in [0.1, 0.15) is 0 Å². The summed E-state index contributed by atoms with van der Waals surface area (Å²) in [5.74, 6) is 0. The molecule has 7 heteroatoms. The quantitative estimate of drug-likeness (QED) is 0.388. The number of rotatable bonds is 2. The van der Waals surface area contributed by atoms with Crippen LogP contribution in [0, 0.1) is 0 Å². The Hall–Kier alpha value is 0.617. The molecule has 0 fully saturated rings. The molecule has 0 unspecified atom stereocenters. The molecule has 0 heterocycles. The summed E-state index contributed by atoms with van der Waals surface area (Å²) < 4.78 is 14.3. The van der Waals surface area contributed by atoms with Crippen molar-refractivity contribution in [3.05, 3.63) is 0 Å². The normalized spacial score (nSPS) is 13.9. The maximum atomic E-state index is 10.1. The van der Waals surface area contributed by atoms with Gasteiger partial charge >= 0.3 is 7.82 Å². The third kappa shape index (κ3) is 8.62. The monoisotopic (exact) mass is 190 g/mol. The summed E-state index contributed by atoms with van der Waals surface area (Å²) in [5, 5.41) is 0. The lowest BCUT2D eigenvalue weighted by molar-refractivity contribution is 0.284. The minimum Gasteiger partial charge on any atom is -0.314 e. The molecule has 0 aliphatic heterocycles. The highest BCUT2D eigenvalue weighted by atomic mass is 35.6. The van der Waals surface area contributed by atoms with Crippen LogP contribution in [0.5, 0.6) is 0 Å². The molecule has 9 heavy (non-hydrogen) atoms. The summed E-state index contributed by atoms with van der Waals surface area (Å²) in [6.07, 6.45) is 0. The smallest absolute Gasteiger partial charge is 0.314 e. The second-order valence-electron chi connectivity index (χ2n) is 1.95. The molecule has 0 aliphatic carbocycles. The molecule has 0 atom stereocenters. The van der Waals surface area contributed by atoms with Gasteiger partial charge in [0, 0.05) is 0 Å². The lowest BCUT2D eigenvalue weighted by Crippen LogP contribution is -2.20. The van der Waals surface area contributed by atoms with E-state index in [0.717, 1.165) is 0 Å². The Morgan fingerprint density at radius 3 is 1.89 bits per heavy atom. The van der Waals surface area contributed by atoms with E-state index >= 15 is 0 Å². The Bertz CT molecular complexity index is 136. The van der Waals surface area contributed by atoms with E-state index in [-0.39, 0.29) is 0 Å². The van der Waals surface area contributed by atoms with Gasteiger partial charge in [0.25, 0.3) is 7.63 Å². The van der Waals surface area contributed by atoms with Gasteiger partial charge in [0.15, 0.2) is 0 Å².